The summed E-state index contributed by atoms with van der Waals surface area (Å²) in [7, 11) is 0. The van der Waals surface area contributed by atoms with Crippen molar-refractivity contribution in [2.45, 2.75) is 40.2 Å². The Morgan fingerprint density at radius 3 is 2.25 bits per heavy atom. The van der Waals surface area contributed by atoms with Crippen molar-refractivity contribution in [3.8, 4) is 0 Å². The van der Waals surface area contributed by atoms with Gasteiger partial charge < -0.3 is 4.74 Å². The van der Waals surface area contributed by atoms with Gasteiger partial charge in [-0.2, -0.15) is 0 Å². The van der Waals surface area contributed by atoms with Gasteiger partial charge in [0.1, 0.15) is 0 Å². The largest absolute Gasteiger partial charge is 0.380 e. The quantitative estimate of drug-likeness (QED) is 0.547. The van der Waals surface area contributed by atoms with E-state index in [-0.39, 0.29) is 0 Å². The van der Waals surface area contributed by atoms with Gasteiger partial charge in [-0.05, 0) is 26.8 Å². The average molecular weight is 173 g/mol. The van der Waals surface area contributed by atoms with Crippen LogP contribution in [0.2, 0.25) is 0 Å². The molecule has 0 unspecified atom stereocenters. The Balaban J connectivity index is 3.32. The maximum Gasteiger partial charge on any atom is 0.0593 e. The lowest BCUT2D eigenvalue weighted by Gasteiger charge is -2.24. The molecule has 2 heteroatoms. The fourth-order valence-corrected chi connectivity index (χ4v) is 1.21. The first-order valence-corrected chi connectivity index (χ1v) is 5.04. The molecule has 0 saturated heterocycles. The van der Waals surface area contributed by atoms with Crippen LogP contribution in [0, 0.1) is 0 Å². The van der Waals surface area contributed by atoms with E-state index in [2.05, 4.69) is 32.6 Å². The Labute approximate surface area is 76.9 Å². The highest BCUT2D eigenvalue weighted by Crippen LogP contribution is 1.96. The van der Waals surface area contributed by atoms with E-state index in [9.17, 15) is 0 Å². The molecule has 0 saturated carbocycles. The van der Waals surface area contributed by atoms with Crippen molar-refractivity contribution < 1.29 is 4.74 Å². The van der Waals surface area contributed by atoms with Gasteiger partial charge in [-0.25, -0.2) is 0 Å². The summed E-state index contributed by atoms with van der Waals surface area (Å²) in [5.74, 6) is 0. The third kappa shape index (κ3) is 5.56. The molecule has 0 aliphatic rings. The van der Waals surface area contributed by atoms with Gasteiger partial charge in [0.25, 0.3) is 0 Å². The number of hydrogen-bond acceptors (Lipinski definition) is 2. The maximum absolute atomic E-state index is 5.42. The summed E-state index contributed by atoms with van der Waals surface area (Å²) in [6.45, 7) is 12.7. The van der Waals surface area contributed by atoms with Gasteiger partial charge in [0.15, 0.2) is 0 Å². The van der Waals surface area contributed by atoms with Crippen molar-refractivity contribution >= 4 is 0 Å². The molecule has 0 atom stereocenters. The van der Waals surface area contributed by atoms with E-state index >= 15 is 0 Å². The van der Waals surface area contributed by atoms with Crippen LogP contribution in [0.15, 0.2) is 0 Å². The van der Waals surface area contributed by atoms with Crippen molar-refractivity contribution in [1.82, 2.24) is 4.90 Å². The molecular weight excluding hydrogens is 150 g/mol. The van der Waals surface area contributed by atoms with Crippen molar-refractivity contribution in [2.24, 2.45) is 0 Å². The minimum Gasteiger partial charge on any atom is -0.380 e. The molecule has 74 valence electrons. The van der Waals surface area contributed by atoms with Crippen molar-refractivity contribution in [3.63, 3.8) is 0 Å². The normalized spacial score (nSPS) is 11.5. The topological polar surface area (TPSA) is 12.5 Å². The molecule has 0 N–H and O–H groups in total. The summed E-state index contributed by atoms with van der Waals surface area (Å²) < 4.78 is 5.42. The van der Waals surface area contributed by atoms with Gasteiger partial charge in [0.05, 0.1) is 6.61 Å². The second kappa shape index (κ2) is 7.56. The van der Waals surface area contributed by atoms with Gasteiger partial charge in [0, 0.05) is 19.2 Å². The minimum absolute atomic E-state index is 0.639. The lowest BCUT2D eigenvalue weighted by Crippen LogP contribution is -2.33. The molecule has 0 spiro atoms. The Morgan fingerprint density at radius 1 is 1.17 bits per heavy atom. The van der Waals surface area contributed by atoms with E-state index < -0.39 is 0 Å². The Hall–Kier alpha value is -0.0800. The zero-order valence-corrected chi connectivity index (χ0v) is 8.97. The lowest BCUT2D eigenvalue weighted by atomic mass is 10.3. The Kier molecular flexibility index (Phi) is 7.51. The van der Waals surface area contributed by atoms with Gasteiger partial charge in [-0.3, -0.25) is 4.90 Å². The molecule has 0 amide bonds. The number of likely N-dealkylation sites (N-methyl/N-ethyl adjacent to an activating group) is 1. The van der Waals surface area contributed by atoms with E-state index in [1.54, 1.807) is 0 Å². The third-order valence-corrected chi connectivity index (χ3v) is 2.01. The van der Waals surface area contributed by atoms with Crippen LogP contribution in [0.3, 0.4) is 0 Å². The molecule has 0 aliphatic heterocycles. The maximum atomic E-state index is 5.42. The molecule has 0 aromatic rings. The van der Waals surface area contributed by atoms with E-state index in [1.165, 1.54) is 0 Å². The Bertz CT molecular complexity index is 93.8. The molecule has 0 radical (unpaired) electrons. The molecular formula is C10H23NO. The molecule has 0 heterocycles. The van der Waals surface area contributed by atoms with E-state index in [1.807, 2.05) is 0 Å². The highest BCUT2D eigenvalue weighted by atomic mass is 16.5. The van der Waals surface area contributed by atoms with Crippen LogP contribution in [0.5, 0.6) is 0 Å². The third-order valence-electron chi connectivity index (χ3n) is 2.01. The van der Waals surface area contributed by atoms with Crippen LogP contribution >= 0.6 is 0 Å². The summed E-state index contributed by atoms with van der Waals surface area (Å²) >= 11 is 0. The summed E-state index contributed by atoms with van der Waals surface area (Å²) in [4.78, 5) is 2.41. The number of rotatable bonds is 7. The van der Waals surface area contributed by atoms with Gasteiger partial charge in [-0.15, -0.1) is 0 Å². The summed E-state index contributed by atoms with van der Waals surface area (Å²) in [6, 6.07) is 0.639. The van der Waals surface area contributed by atoms with E-state index in [0.717, 1.165) is 32.7 Å². The molecule has 0 aromatic carbocycles. The smallest absolute Gasteiger partial charge is 0.0593 e. The number of nitrogens with zero attached hydrogens (tertiary/aromatic N) is 1. The SMILES string of the molecule is CCCOCCN(CC)C(C)C. The summed E-state index contributed by atoms with van der Waals surface area (Å²) in [6.07, 6.45) is 1.12. The first kappa shape index (κ1) is 11.9. The second-order valence-electron chi connectivity index (χ2n) is 3.33. The fraction of sp³-hybridized carbons (Fsp3) is 1.00. The first-order valence-electron chi connectivity index (χ1n) is 5.04. The number of hydrogen-bond donors (Lipinski definition) is 0. The van der Waals surface area contributed by atoms with Crippen LogP contribution in [-0.4, -0.2) is 37.2 Å². The van der Waals surface area contributed by atoms with Crippen LogP contribution < -0.4 is 0 Å². The average Bonchev–Trinajstić information content (AvgIpc) is 2.04. The molecule has 0 rings (SSSR count). The molecule has 0 fully saturated rings. The minimum atomic E-state index is 0.639. The summed E-state index contributed by atoms with van der Waals surface area (Å²) in [5.41, 5.74) is 0. The van der Waals surface area contributed by atoms with Crippen molar-refractivity contribution in [2.75, 3.05) is 26.3 Å². The fourth-order valence-electron chi connectivity index (χ4n) is 1.21. The molecule has 0 bridgehead atoms. The molecule has 0 aromatic heterocycles. The Morgan fingerprint density at radius 2 is 1.83 bits per heavy atom. The summed E-state index contributed by atoms with van der Waals surface area (Å²) in [5, 5.41) is 0. The predicted molar refractivity (Wildman–Crippen MR) is 53.5 cm³/mol. The van der Waals surface area contributed by atoms with Crippen molar-refractivity contribution in [3.05, 3.63) is 0 Å². The zero-order valence-electron chi connectivity index (χ0n) is 8.97. The van der Waals surface area contributed by atoms with Crippen molar-refractivity contribution in [1.29, 1.82) is 0 Å². The van der Waals surface area contributed by atoms with Crippen LogP contribution in [0.1, 0.15) is 34.1 Å². The van der Waals surface area contributed by atoms with Gasteiger partial charge in [-0.1, -0.05) is 13.8 Å². The molecule has 0 aliphatic carbocycles. The van der Waals surface area contributed by atoms with E-state index in [4.69, 9.17) is 4.74 Å². The van der Waals surface area contributed by atoms with E-state index in [0.29, 0.717) is 6.04 Å². The standard InChI is InChI=1S/C10H23NO/c1-5-8-12-9-7-11(6-2)10(3)4/h10H,5-9H2,1-4H3. The van der Waals surface area contributed by atoms with Crippen LogP contribution in [-0.2, 0) is 4.74 Å². The van der Waals surface area contributed by atoms with Gasteiger partial charge in [0.2, 0.25) is 0 Å². The highest BCUT2D eigenvalue weighted by Gasteiger charge is 2.05. The van der Waals surface area contributed by atoms with Crippen LogP contribution in [0.4, 0.5) is 0 Å². The molecule has 2 nitrogen and oxygen atoms in total. The number of ether oxygens (including phenoxy) is 1. The predicted octanol–water partition coefficient (Wildman–Crippen LogP) is 2.14. The van der Waals surface area contributed by atoms with Gasteiger partial charge >= 0.3 is 0 Å². The zero-order chi connectivity index (χ0) is 9.40. The first-order chi connectivity index (χ1) is 5.72. The second-order valence-corrected chi connectivity index (χ2v) is 3.33. The lowest BCUT2D eigenvalue weighted by molar-refractivity contribution is 0.0954. The van der Waals surface area contributed by atoms with Crippen LogP contribution in [0.25, 0.3) is 0 Å². The molecule has 12 heavy (non-hydrogen) atoms. The highest BCUT2D eigenvalue weighted by molar-refractivity contribution is 4.59. The monoisotopic (exact) mass is 173 g/mol.